The second kappa shape index (κ2) is 6.58. The summed E-state index contributed by atoms with van der Waals surface area (Å²) >= 11 is 0. The molecule has 0 fully saturated rings. The lowest BCUT2D eigenvalue weighted by Crippen LogP contribution is -2.33. The Balaban J connectivity index is 2.43. The van der Waals surface area contributed by atoms with E-state index >= 15 is 0 Å². The maximum atomic E-state index is 11.6. The van der Waals surface area contributed by atoms with Crippen LogP contribution < -0.4 is 10.9 Å². The van der Waals surface area contributed by atoms with Crippen molar-refractivity contribution in [2.24, 2.45) is 0 Å². The van der Waals surface area contributed by atoms with Crippen molar-refractivity contribution in [2.75, 3.05) is 6.54 Å². The molecule has 0 radical (unpaired) electrons. The molecule has 0 saturated heterocycles. The molecule has 1 rings (SSSR count). The molecule has 1 aromatic heterocycles. The topological polar surface area (TPSA) is 88.4 Å². The molecule has 1 heterocycles. The van der Waals surface area contributed by atoms with Crippen LogP contribution in [0.1, 0.15) is 18.4 Å². The molecule has 6 heteroatoms. The minimum absolute atomic E-state index is 0.0185. The van der Waals surface area contributed by atoms with Gasteiger partial charge in [0.1, 0.15) is 6.54 Å². The second-order valence-corrected chi connectivity index (χ2v) is 3.97. The molecule has 1 amide bonds. The predicted molar refractivity (Wildman–Crippen MR) is 65.3 cm³/mol. The Bertz CT molecular complexity index is 493. The highest BCUT2D eigenvalue weighted by Gasteiger charge is 2.05. The van der Waals surface area contributed by atoms with Crippen molar-refractivity contribution in [2.45, 2.75) is 26.3 Å². The first-order chi connectivity index (χ1) is 8.50. The average molecular weight is 252 g/mol. The number of hydrogen-bond acceptors (Lipinski definition) is 3. The van der Waals surface area contributed by atoms with E-state index in [0.717, 1.165) is 0 Å². The van der Waals surface area contributed by atoms with Gasteiger partial charge >= 0.3 is 5.97 Å². The van der Waals surface area contributed by atoms with Crippen LogP contribution in [0.3, 0.4) is 0 Å². The number of carboxylic acids is 1. The van der Waals surface area contributed by atoms with Gasteiger partial charge in [0.2, 0.25) is 5.91 Å². The van der Waals surface area contributed by atoms with Gasteiger partial charge in [-0.3, -0.25) is 14.4 Å². The maximum absolute atomic E-state index is 11.6. The quantitative estimate of drug-likeness (QED) is 0.705. The van der Waals surface area contributed by atoms with E-state index in [4.69, 9.17) is 5.11 Å². The lowest BCUT2D eigenvalue weighted by Gasteiger charge is -2.07. The van der Waals surface area contributed by atoms with Crippen LogP contribution in [-0.2, 0) is 16.1 Å². The summed E-state index contributed by atoms with van der Waals surface area (Å²) in [6.07, 6.45) is 1.95. The molecular formula is C12H16N2O4. The minimum Gasteiger partial charge on any atom is -0.481 e. The van der Waals surface area contributed by atoms with E-state index in [1.807, 2.05) is 0 Å². The van der Waals surface area contributed by atoms with Crippen molar-refractivity contribution in [1.82, 2.24) is 9.88 Å². The van der Waals surface area contributed by atoms with Crippen LogP contribution in [0.2, 0.25) is 0 Å². The van der Waals surface area contributed by atoms with Crippen molar-refractivity contribution >= 4 is 11.9 Å². The number of nitrogens with one attached hydrogen (secondary N) is 1. The molecule has 0 saturated carbocycles. The van der Waals surface area contributed by atoms with Crippen LogP contribution >= 0.6 is 0 Å². The fourth-order valence-corrected chi connectivity index (χ4v) is 1.46. The summed E-state index contributed by atoms with van der Waals surface area (Å²) < 4.78 is 1.32. The zero-order chi connectivity index (χ0) is 13.5. The van der Waals surface area contributed by atoms with Crippen molar-refractivity contribution < 1.29 is 14.7 Å². The van der Waals surface area contributed by atoms with Crippen LogP contribution in [0.5, 0.6) is 0 Å². The number of hydrogen-bond donors (Lipinski definition) is 2. The number of amides is 1. The van der Waals surface area contributed by atoms with Crippen molar-refractivity contribution in [1.29, 1.82) is 0 Å². The first kappa shape index (κ1) is 14.0. The van der Waals surface area contributed by atoms with Gasteiger partial charge in [0.05, 0.1) is 0 Å². The molecule has 0 aliphatic carbocycles. The van der Waals surface area contributed by atoms with Crippen LogP contribution in [0.25, 0.3) is 0 Å². The van der Waals surface area contributed by atoms with Gasteiger partial charge in [-0.15, -0.1) is 0 Å². The predicted octanol–water partition coefficient (Wildman–Crippen LogP) is 0.138. The third-order valence-corrected chi connectivity index (χ3v) is 2.41. The summed E-state index contributed by atoms with van der Waals surface area (Å²) in [6, 6.07) is 3.39. The zero-order valence-electron chi connectivity index (χ0n) is 10.2. The number of nitrogens with zero attached hydrogens (tertiary/aromatic N) is 1. The molecule has 18 heavy (non-hydrogen) atoms. The summed E-state index contributed by atoms with van der Waals surface area (Å²) in [4.78, 5) is 33.4. The van der Waals surface area contributed by atoms with Crippen molar-refractivity contribution in [3.8, 4) is 0 Å². The highest BCUT2D eigenvalue weighted by molar-refractivity contribution is 5.75. The summed E-state index contributed by atoms with van der Waals surface area (Å²) in [5.41, 5.74) is 0.384. The lowest BCUT2D eigenvalue weighted by molar-refractivity contribution is -0.137. The van der Waals surface area contributed by atoms with Crippen LogP contribution in [0.15, 0.2) is 23.1 Å². The molecule has 1 aromatic rings. The van der Waals surface area contributed by atoms with Crippen molar-refractivity contribution in [3.05, 3.63) is 34.2 Å². The number of carboxylic acid groups (broad SMARTS) is 1. The monoisotopic (exact) mass is 252 g/mol. The van der Waals surface area contributed by atoms with Gasteiger partial charge in [0, 0.05) is 24.7 Å². The van der Waals surface area contributed by atoms with Gasteiger partial charge in [-0.25, -0.2) is 0 Å². The molecule has 0 atom stereocenters. The number of aryl methyl sites for hydroxylation is 1. The van der Waals surface area contributed by atoms with Crippen LogP contribution in [-0.4, -0.2) is 28.1 Å². The molecule has 0 unspecified atom stereocenters. The SMILES string of the molecule is Cc1cccn(CC(=O)NCCCC(=O)O)c1=O. The van der Waals surface area contributed by atoms with Gasteiger partial charge in [0.15, 0.2) is 0 Å². The lowest BCUT2D eigenvalue weighted by atomic mass is 10.3. The molecule has 0 aliphatic heterocycles. The van der Waals surface area contributed by atoms with Gasteiger partial charge in [-0.1, -0.05) is 6.07 Å². The Labute approximate surface area is 104 Å². The first-order valence-corrected chi connectivity index (χ1v) is 5.65. The first-order valence-electron chi connectivity index (χ1n) is 5.65. The largest absolute Gasteiger partial charge is 0.481 e. The molecule has 6 nitrogen and oxygen atoms in total. The molecule has 0 spiro atoms. The Kier molecular flexibility index (Phi) is 5.10. The second-order valence-electron chi connectivity index (χ2n) is 3.97. The Hall–Kier alpha value is -2.11. The summed E-state index contributed by atoms with van der Waals surface area (Å²) in [7, 11) is 0. The highest BCUT2D eigenvalue weighted by Crippen LogP contribution is 1.90. The van der Waals surface area contributed by atoms with Gasteiger partial charge < -0.3 is 15.0 Å². The van der Waals surface area contributed by atoms with Gasteiger partial charge in [0.25, 0.3) is 5.56 Å². The van der Waals surface area contributed by atoms with Crippen LogP contribution in [0, 0.1) is 6.92 Å². The maximum Gasteiger partial charge on any atom is 0.303 e. The zero-order valence-corrected chi connectivity index (χ0v) is 10.2. The van der Waals surface area contributed by atoms with Gasteiger partial charge in [-0.05, 0) is 19.4 Å². The normalized spacial score (nSPS) is 10.1. The third kappa shape index (κ3) is 4.40. The number of carbonyl (C=O) groups excluding carboxylic acids is 1. The Morgan fingerprint density at radius 1 is 1.44 bits per heavy atom. The number of aromatic nitrogens is 1. The number of pyridine rings is 1. The molecule has 0 aliphatic rings. The Morgan fingerprint density at radius 2 is 2.17 bits per heavy atom. The van der Waals surface area contributed by atoms with E-state index in [0.29, 0.717) is 18.5 Å². The molecule has 98 valence electrons. The summed E-state index contributed by atoms with van der Waals surface area (Å²) in [5, 5.41) is 11.0. The average Bonchev–Trinajstić information content (AvgIpc) is 2.30. The van der Waals surface area contributed by atoms with Gasteiger partial charge in [-0.2, -0.15) is 0 Å². The summed E-state index contributed by atoms with van der Waals surface area (Å²) in [5.74, 6) is -1.19. The third-order valence-electron chi connectivity index (χ3n) is 2.41. The molecule has 0 aromatic carbocycles. The van der Waals surface area contributed by atoms with Crippen molar-refractivity contribution in [3.63, 3.8) is 0 Å². The van der Waals surface area contributed by atoms with E-state index in [1.165, 1.54) is 4.57 Å². The standard InChI is InChI=1S/C12H16N2O4/c1-9-4-3-7-14(12(9)18)8-10(15)13-6-2-5-11(16)17/h3-4,7H,2,5-6,8H2,1H3,(H,13,15)(H,16,17). The highest BCUT2D eigenvalue weighted by atomic mass is 16.4. The Morgan fingerprint density at radius 3 is 2.83 bits per heavy atom. The molecular weight excluding hydrogens is 236 g/mol. The number of aliphatic carboxylic acids is 1. The number of rotatable bonds is 6. The summed E-state index contributed by atoms with van der Waals surface area (Å²) in [6.45, 7) is 1.93. The van der Waals surface area contributed by atoms with E-state index < -0.39 is 5.97 Å². The molecule has 0 bridgehead atoms. The van der Waals surface area contributed by atoms with E-state index in [9.17, 15) is 14.4 Å². The fraction of sp³-hybridized carbons (Fsp3) is 0.417. The van der Waals surface area contributed by atoms with Crippen LogP contribution in [0.4, 0.5) is 0 Å². The number of carbonyl (C=O) groups is 2. The smallest absolute Gasteiger partial charge is 0.303 e. The van der Waals surface area contributed by atoms with E-state index in [2.05, 4.69) is 5.32 Å². The van der Waals surface area contributed by atoms with E-state index in [-0.39, 0.29) is 24.4 Å². The molecule has 2 N–H and O–H groups in total. The minimum atomic E-state index is -0.890. The fourth-order valence-electron chi connectivity index (χ4n) is 1.46. The van der Waals surface area contributed by atoms with E-state index in [1.54, 1.807) is 25.3 Å².